The Balaban J connectivity index is 2.18. The van der Waals surface area contributed by atoms with Gasteiger partial charge in [-0.25, -0.2) is 0 Å². The van der Waals surface area contributed by atoms with Crippen molar-refractivity contribution in [2.75, 3.05) is 18.7 Å². The molecule has 0 aliphatic carbocycles. The number of thioether (sulfide) groups is 1. The molecule has 1 aliphatic heterocycles. The zero-order valence-corrected chi connectivity index (χ0v) is 15.5. The topological polar surface area (TPSA) is 82.4 Å². The van der Waals surface area contributed by atoms with Gasteiger partial charge < -0.3 is 15.0 Å². The van der Waals surface area contributed by atoms with Crippen LogP contribution in [-0.2, 0) is 4.79 Å². The number of nitriles is 1. The van der Waals surface area contributed by atoms with Crippen molar-refractivity contribution in [1.29, 1.82) is 5.26 Å². The minimum atomic E-state index is -0.654. The number of ether oxygens (including phenoxy) is 1. The van der Waals surface area contributed by atoms with Crippen molar-refractivity contribution in [3.63, 3.8) is 0 Å². The van der Waals surface area contributed by atoms with E-state index in [0.29, 0.717) is 22.9 Å². The molecule has 0 radical (unpaired) electrons. The molecule has 0 aromatic heterocycles. The maximum Gasteiger partial charge on any atom is 0.252 e. The molecule has 3 atom stereocenters. The fraction of sp³-hybridized carbons (Fsp3) is 0.500. The number of benzene rings is 1. The van der Waals surface area contributed by atoms with E-state index in [1.807, 2.05) is 13.8 Å². The number of nitrogens with one attached hydrogen (secondary N) is 1. The van der Waals surface area contributed by atoms with Crippen LogP contribution in [0.1, 0.15) is 30.6 Å². The average Bonchev–Trinajstić information content (AvgIpc) is 3.13. The van der Waals surface area contributed by atoms with E-state index < -0.39 is 12.1 Å². The first-order valence-corrected chi connectivity index (χ1v) is 9.40. The molecule has 0 saturated carbocycles. The van der Waals surface area contributed by atoms with Gasteiger partial charge in [-0.15, -0.1) is 11.8 Å². The number of methoxy groups -OCH3 is 1. The van der Waals surface area contributed by atoms with Gasteiger partial charge >= 0.3 is 0 Å². The molecule has 1 N–H and O–H groups in total. The monoisotopic (exact) mass is 361 g/mol. The van der Waals surface area contributed by atoms with Crippen molar-refractivity contribution in [2.24, 2.45) is 5.92 Å². The number of carbonyl (C=O) groups is 2. The van der Waals surface area contributed by atoms with E-state index in [9.17, 15) is 14.9 Å². The Hall–Kier alpha value is -2.20. The van der Waals surface area contributed by atoms with E-state index in [0.717, 1.165) is 6.42 Å². The number of nitrogens with zero attached hydrogens (tertiary/aromatic N) is 2. The molecule has 1 unspecified atom stereocenters. The number of hydrogen-bond donors (Lipinski definition) is 1. The second-order valence-corrected chi connectivity index (χ2v) is 7.02. The second kappa shape index (κ2) is 8.77. The smallest absolute Gasteiger partial charge is 0.252 e. The molecule has 1 heterocycles. The van der Waals surface area contributed by atoms with Crippen molar-refractivity contribution in [2.45, 2.75) is 32.4 Å². The summed E-state index contributed by atoms with van der Waals surface area (Å²) in [6, 6.07) is 7.88. The molecule has 134 valence electrons. The predicted molar refractivity (Wildman–Crippen MR) is 97.3 cm³/mol. The van der Waals surface area contributed by atoms with Crippen molar-refractivity contribution in [1.82, 2.24) is 10.2 Å². The van der Waals surface area contributed by atoms with Crippen LogP contribution in [0.5, 0.6) is 5.75 Å². The molecule has 1 fully saturated rings. The van der Waals surface area contributed by atoms with E-state index in [1.165, 1.54) is 7.11 Å². The lowest BCUT2D eigenvalue weighted by Gasteiger charge is -2.29. The van der Waals surface area contributed by atoms with Crippen molar-refractivity contribution < 1.29 is 14.3 Å². The number of rotatable bonds is 6. The summed E-state index contributed by atoms with van der Waals surface area (Å²) in [6.45, 7) is 3.90. The Bertz CT molecular complexity index is 674. The van der Waals surface area contributed by atoms with E-state index >= 15 is 0 Å². The molecule has 0 spiro atoms. The fourth-order valence-corrected chi connectivity index (χ4v) is 3.70. The normalized spacial score (nSPS) is 19.0. The van der Waals surface area contributed by atoms with Crippen LogP contribution < -0.4 is 10.1 Å². The molecular formula is C18H23N3O3S. The van der Waals surface area contributed by atoms with E-state index in [-0.39, 0.29) is 17.7 Å². The van der Waals surface area contributed by atoms with Crippen LogP contribution in [0.25, 0.3) is 0 Å². The third-order valence-corrected chi connectivity index (χ3v) is 5.42. The van der Waals surface area contributed by atoms with Gasteiger partial charge in [-0.1, -0.05) is 26.3 Å². The van der Waals surface area contributed by atoms with Gasteiger partial charge in [0.2, 0.25) is 5.91 Å². The molecule has 0 bridgehead atoms. The molecule has 1 saturated heterocycles. The van der Waals surface area contributed by atoms with E-state index in [1.54, 1.807) is 40.9 Å². The standard InChI is InChI=1S/C18H23N3O3S/c1-4-12(2)16(18(23)21-11-25-10-14(21)9-19)20-17(22)13-6-5-7-15(8-13)24-3/h5-8,12,14,16H,4,10-11H2,1-3H3,(H,20,22)/t12?,14-,16+/m1/s1. The second-order valence-electron chi connectivity index (χ2n) is 6.02. The Kier molecular flexibility index (Phi) is 6.71. The Morgan fingerprint density at radius 3 is 2.92 bits per heavy atom. The van der Waals surface area contributed by atoms with Crippen molar-refractivity contribution in [3.05, 3.63) is 29.8 Å². The Morgan fingerprint density at radius 1 is 1.52 bits per heavy atom. The first kappa shape index (κ1) is 19.1. The highest BCUT2D eigenvalue weighted by molar-refractivity contribution is 7.99. The molecule has 1 aromatic carbocycles. The summed E-state index contributed by atoms with van der Waals surface area (Å²) in [5.74, 6) is 1.13. The lowest BCUT2D eigenvalue weighted by atomic mass is 9.97. The van der Waals surface area contributed by atoms with Crippen LogP contribution in [-0.4, -0.2) is 47.5 Å². The van der Waals surface area contributed by atoms with Gasteiger partial charge in [0.15, 0.2) is 0 Å². The van der Waals surface area contributed by atoms with Crippen LogP contribution in [0.3, 0.4) is 0 Å². The summed E-state index contributed by atoms with van der Waals surface area (Å²) in [4.78, 5) is 27.1. The highest BCUT2D eigenvalue weighted by atomic mass is 32.2. The largest absolute Gasteiger partial charge is 0.497 e. The minimum absolute atomic E-state index is 0.0352. The Morgan fingerprint density at radius 2 is 2.28 bits per heavy atom. The maximum atomic E-state index is 12.9. The van der Waals surface area contributed by atoms with Crippen LogP contribution in [0, 0.1) is 17.2 Å². The molecule has 7 heteroatoms. The summed E-state index contributed by atoms with van der Waals surface area (Å²) in [7, 11) is 1.54. The molecule has 1 aliphatic rings. The summed E-state index contributed by atoms with van der Waals surface area (Å²) in [5.41, 5.74) is 0.438. The molecule has 25 heavy (non-hydrogen) atoms. The maximum absolute atomic E-state index is 12.9. The molecular weight excluding hydrogens is 338 g/mol. The quantitative estimate of drug-likeness (QED) is 0.840. The molecule has 2 amide bonds. The first-order chi connectivity index (χ1) is 12.0. The highest BCUT2D eigenvalue weighted by Crippen LogP contribution is 2.23. The average molecular weight is 361 g/mol. The SMILES string of the molecule is CCC(C)[C@H](NC(=O)c1cccc(OC)c1)C(=O)N1CSC[C@H]1C#N. The van der Waals surface area contributed by atoms with Gasteiger partial charge in [0.25, 0.3) is 5.91 Å². The first-order valence-electron chi connectivity index (χ1n) is 8.24. The minimum Gasteiger partial charge on any atom is -0.497 e. The zero-order valence-electron chi connectivity index (χ0n) is 14.7. The number of amides is 2. The fourth-order valence-electron chi connectivity index (χ4n) is 2.62. The molecule has 2 rings (SSSR count). The lowest BCUT2D eigenvalue weighted by Crippen LogP contribution is -2.52. The van der Waals surface area contributed by atoms with Crippen LogP contribution in [0.4, 0.5) is 0 Å². The van der Waals surface area contributed by atoms with Crippen LogP contribution in [0.15, 0.2) is 24.3 Å². The number of hydrogen-bond acceptors (Lipinski definition) is 5. The van der Waals surface area contributed by atoms with Gasteiger partial charge in [0, 0.05) is 11.3 Å². The molecule has 1 aromatic rings. The third kappa shape index (κ3) is 4.45. The number of carbonyl (C=O) groups excluding carboxylic acids is 2. The summed E-state index contributed by atoms with van der Waals surface area (Å²) in [6.07, 6.45) is 0.743. The summed E-state index contributed by atoms with van der Waals surface area (Å²) < 4.78 is 5.14. The van der Waals surface area contributed by atoms with Gasteiger partial charge in [0.1, 0.15) is 17.8 Å². The zero-order chi connectivity index (χ0) is 18.4. The molecule has 6 nitrogen and oxygen atoms in total. The van der Waals surface area contributed by atoms with Crippen LogP contribution >= 0.6 is 11.8 Å². The van der Waals surface area contributed by atoms with Crippen molar-refractivity contribution in [3.8, 4) is 11.8 Å². The summed E-state index contributed by atoms with van der Waals surface area (Å²) >= 11 is 1.55. The van der Waals surface area contributed by atoms with E-state index in [4.69, 9.17) is 4.74 Å². The third-order valence-electron chi connectivity index (χ3n) is 4.41. The van der Waals surface area contributed by atoms with Crippen LogP contribution in [0.2, 0.25) is 0 Å². The predicted octanol–water partition coefficient (Wildman–Crippen LogP) is 2.26. The van der Waals surface area contributed by atoms with Gasteiger partial charge in [0.05, 0.1) is 19.1 Å². The lowest BCUT2D eigenvalue weighted by molar-refractivity contribution is -0.134. The van der Waals surface area contributed by atoms with Gasteiger partial charge in [-0.2, -0.15) is 5.26 Å². The summed E-state index contributed by atoms with van der Waals surface area (Å²) in [5, 5.41) is 12.1. The highest BCUT2D eigenvalue weighted by Gasteiger charge is 2.36. The Labute approximate surface area is 152 Å². The van der Waals surface area contributed by atoms with E-state index in [2.05, 4.69) is 11.4 Å². The van der Waals surface area contributed by atoms with Gasteiger partial charge in [-0.05, 0) is 24.1 Å². The van der Waals surface area contributed by atoms with Gasteiger partial charge in [-0.3, -0.25) is 9.59 Å². The van der Waals surface area contributed by atoms with Crippen molar-refractivity contribution >= 4 is 23.6 Å².